The van der Waals surface area contributed by atoms with E-state index in [2.05, 4.69) is 17.3 Å². The van der Waals surface area contributed by atoms with Gasteiger partial charge in [0.15, 0.2) is 0 Å². The molecule has 3 heteroatoms. The molecule has 1 saturated heterocycles. The molecule has 54 valence electrons. The third-order valence-electron chi connectivity index (χ3n) is 1.92. The molecular weight excluding hydrogens is 114 g/mol. The average Bonchev–Trinajstić information content (AvgIpc) is 2.10. The van der Waals surface area contributed by atoms with Crippen LogP contribution in [0.15, 0.2) is 0 Å². The molecule has 0 aromatic rings. The topological polar surface area (TPSA) is 41.3 Å². The molecule has 1 heterocycles. The molecule has 0 spiro atoms. The first-order valence-corrected chi connectivity index (χ1v) is 3.35. The molecule has 0 amide bonds. The Labute approximate surface area is 56.2 Å². The first-order valence-electron chi connectivity index (χ1n) is 3.35. The number of likely N-dealkylation sites (tertiary alicyclic amines) is 1. The summed E-state index contributed by atoms with van der Waals surface area (Å²) in [6.07, 6.45) is 0. The number of hydrogen-bond donors (Lipinski definition) is 2. The molecule has 0 aliphatic carbocycles. The Morgan fingerprint density at radius 1 is 1.56 bits per heavy atom. The fourth-order valence-corrected chi connectivity index (χ4v) is 1.34. The van der Waals surface area contributed by atoms with Crippen molar-refractivity contribution in [1.29, 1.82) is 0 Å². The van der Waals surface area contributed by atoms with Crippen LogP contribution in [0.25, 0.3) is 0 Å². The fourth-order valence-electron chi connectivity index (χ4n) is 1.34. The molecule has 1 aliphatic rings. The maximum absolute atomic E-state index is 5.78. The maximum Gasteiger partial charge on any atom is 0.0357 e. The van der Waals surface area contributed by atoms with Crippen LogP contribution in [0.2, 0.25) is 0 Å². The summed E-state index contributed by atoms with van der Waals surface area (Å²) in [5.74, 6) is 0. The minimum absolute atomic E-state index is 0.319. The van der Waals surface area contributed by atoms with Gasteiger partial charge in [0.1, 0.15) is 0 Å². The molecule has 0 aromatic carbocycles. The van der Waals surface area contributed by atoms with Crippen LogP contribution in [0, 0.1) is 0 Å². The normalized spacial score (nSPS) is 37.7. The highest BCUT2D eigenvalue weighted by Crippen LogP contribution is 2.03. The van der Waals surface area contributed by atoms with Gasteiger partial charge >= 0.3 is 0 Å². The van der Waals surface area contributed by atoms with Crippen molar-refractivity contribution in [3.05, 3.63) is 0 Å². The molecule has 0 radical (unpaired) electrons. The van der Waals surface area contributed by atoms with Crippen LogP contribution in [-0.2, 0) is 0 Å². The number of nitrogens with two attached hydrogens (primary N) is 1. The summed E-state index contributed by atoms with van der Waals surface area (Å²) in [4.78, 5) is 2.24. The summed E-state index contributed by atoms with van der Waals surface area (Å²) in [7, 11) is 4.06. The largest absolute Gasteiger partial charge is 0.325 e. The SMILES string of the molecule is CNC1CN(C)CC1N. The van der Waals surface area contributed by atoms with Crippen molar-refractivity contribution in [3.63, 3.8) is 0 Å². The number of nitrogens with zero attached hydrogens (tertiary/aromatic N) is 1. The Hall–Kier alpha value is -0.120. The smallest absolute Gasteiger partial charge is 0.0357 e. The zero-order chi connectivity index (χ0) is 6.85. The van der Waals surface area contributed by atoms with Gasteiger partial charge in [-0.15, -0.1) is 0 Å². The predicted molar refractivity (Wildman–Crippen MR) is 38.3 cm³/mol. The number of likely N-dealkylation sites (N-methyl/N-ethyl adjacent to an activating group) is 2. The molecule has 1 rings (SSSR count). The lowest BCUT2D eigenvalue weighted by Gasteiger charge is -2.11. The Morgan fingerprint density at radius 2 is 2.22 bits per heavy atom. The van der Waals surface area contributed by atoms with Gasteiger partial charge in [-0.25, -0.2) is 0 Å². The molecule has 2 atom stereocenters. The molecule has 0 aromatic heterocycles. The number of rotatable bonds is 1. The second kappa shape index (κ2) is 2.64. The van der Waals surface area contributed by atoms with Gasteiger partial charge in [0, 0.05) is 25.2 Å². The van der Waals surface area contributed by atoms with E-state index in [9.17, 15) is 0 Å². The third kappa shape index (κ3) is 1.41. The van der Waals surface area contributed by atoms with E-state index in [4.69, 9.17) is 5.73 Å². The minimum Gasteiger partial charge on any atom is -0.325 e. The van der Waals surface area contributed by atoms with Crippen LogP contribution in [0.4, 0.5) is 0 Å². The number of hydrogen-bond acceptors (Lipinski definition) is 3. The molecule has 1 aliphatic heterocycles. The summed E-state index contributed by atoms with van der Waals surface area (Å²) in [5, 5.41) is 3.18. The minimum atomic E-state index is 0.319. The second-order valence-electron chi connectivity index (χ2n) is 2.78. The van der Waals surface area contributed by atoms with Gasteiger partial charge in [-0.1, -0.05) is 0 Å². The lowest BCUT2D eigenvalue weighted by atomic mass is 10.2. The summed E-state index contributed by atoms with van der Waals surface area (Å²) < 4.78 is 0. The van der Waals surface area contributed by atoms with E-state index in [-0.39, 0.29) is 0 Å². The molecule has 1 fully saturated rings. The summed E-state index contributed by atoms with van der Waals surface area (Å²) in [6, 6.07) is 0.815. The summed E-state index contributed by atoms with van der Waals surface area (Å²) in [5.41, 5.74) is 5.78. The standard InChI is InChI=1S/C6H15N3/c1-8-6-4-9(2)3-5(6)7/h5-6,8H,3-4,7H2,1-2H3. The summed E-state index contributed by atoms with van der Waals surface area (Å²) >= 11 is 0. The van der Waals surface area contributed by atoms with Gasteiger partial charge in [0.25, 0.3) is 0 Å². The molecular formula is C6H15N3. The lowest BCUT2D eigenvalue weighted by Crippen LogP contribution is -2.41. The monoisotopic (exact) mass is 129 g/mol. The van der Waals surface area contributed by atoms with Crippen LogP contribution < -0.4 is 11.1 Å². The Bertz CT molecular complexity index is 94.3. The van der Waals surface area contributed by atoms with Crippen molar-refractivity contribution in [3.8, 4) is 0 Å². The van der Waals surface area contributed by atoms with Crippen molar-refractivity contribution in [2.75, 3.05) is 27.2 Å². The summed E-state index contributed by atoms with van der Waals surface area (Å²) in [6.45, 7) is 2.10. The van der Waals surface area contributed by atoms with Crippen molar-refractivity contribution in [1.82, 2.24) is 10.2 Å². The zero-order valence-electron chi connectivity index (χ0n) is 6.09. The highest BCUT2D eigenvalue weighted by atomic mass is 15.2. The molecule has 0 bridgehead atoms. The Balaban J connectivity index is 2.38. The van der Waals surface area contributed by atoms with Crippen molar-refractivity contribution < 1.29 is 0 Å². The van der Waals surface area contributed by atoms with E-state index in [1.54, 1.807) is 0 Å². The van der Waals surface area contributed by atoms with Crippen molar-refractivity contribution in [2.45, 2.75) is 12.1 Å². The molecule has 3 N–H and O–H groups in total. The van der Waals surface area contributed by atoms with Crippen LogP contribution >= 0.6 is 0 Å². The van der Waals surface area contributed by atoms with E-state index in [0.29, 0.717) is 12.1 Å². The van der Waals surface area contributed by atoms with E-state index in [1.165, 1.54) is 0 Å². The third-order valence-corrected chi connectivity index (χ3v) is 1.92. The van der Waals surface area contributed by atoms with Gasteiger partial charge in [-0.2, -0.15) is 0 Å². The van der Waals surface area contributed by atoms with Crippen LogP contribution in [0.5, 0.6) is 0 Å². The van der Waals surface area contributed by atoms with Crippen LogP contribution in [-0.4, -0.2) is 44.2 Å². The maximum atomic E-state index is 5.78. The fraction of sp³-hybridized carbons (Fsp3) is 1.00. The van der Waals surface area contributed by atoms with Crippen molar-refractivity contribution >= 4 is 0 Å². The lowest BCUT2D eigenvalue weighted by molar-refractivity contribution is 0.402. The first-order chi connectivity index (χ1) is 4.24. The van der Waals surface area contributed by atoms with E-state index in [1.807, 2.05) is 7.05 Å². The molecule has 2 unspecified atom stereocenters. The molecule has 3 nitrogen and oxygen atoms in total. The van der Waals surface area contributed by atoms with Crippen LogP contribution in [0.3, 0.4) is 0 Å². The van der Waals surface area contributed by atoms with Crippen molar-refractivity contribution in [2.24, 2.45) is 5.73 Å². The van der Waals surface area contributed by atoms with E-state index in [0.717, 1.165) is 13.1 Å². The predicted octanol–water partition coefficient (Wildman–Crippen LogP) is -1.15. The van der Waals surface area contributed by atoms with Gasteiger partial charge in [-0.05, 0) is 14.1 Å². The average molecular weight is 129 g/mol. The van der Waals surface area contributed by atoms with E-state index >= 15 is 0 Å². The van der Waals surface area contributed by atoms with Crippen LogP contribution in [0.1, 0.15) is 0 Å². The molecule has 9 heavy (non-hydrogen) atoms. The molecule has 0 saturated carbocycles. The van der Waals surface area contributed by atoms with Gasteiger partial charge in [-0.3, -0.25) is 0 Å². The Kier molecular flexibility index (Phi) is 2.05. The van der Waals surface area contributed by atoms with Gasteiger partial charge in [0.2, 0.25) is 0 Å². The number of nitrogens with one attached hydrogen (secondary N) is 1. The first kappa shape index (κ1) is 6.99. The highest BCUT2D eigenvalue weighted by molar-refractivity contribution is 4.89. The zero-order valence-corrected chi connectivity index (χ0v) is 6.09. The van der Waals surface area contributed by atoms with Gasteiger partial charge in [0.05, 0.1) is 0 Å². The second-order valence-corrected chi connectivity index (χ2v) is 2.78. The van der Waals surface area contributed by atoms with Gasteiger partial charge < -0.3 is 16.0 Å². The van der Waals surface area contributed by atoms with E-state index < -0.39 is 0 Å². The highest BCUT2D eigenvalue weighted by Gasteiger charge is 2.25. The Morgan fingerprint density at radius 3 is 2.44 bits per heavy atom. The quantitative estimate of drug-likeness (QED) is 0.469.